The van der Waals surface area contributed by atoms with Gasteiger partial charge in [-0.3, -0.25) is 4.79 Å². The van der Waals surface area contributed by atoms with E-state index >= 15 is 0 Å². The van der Waals surface area contributed by atoms with E-state index in [2.05, 4.69) is 10.1 Å². The first kappa shape index (κ1) is 22.8. The second-order valence-electron chi connectivity index (χ2n) is 7.21. The van der Waals surface area contributed by atoms with Gasteiger partial charge in [0.15, 0.2) is 0 Å². The molecule has 0 radical (unpaired) electrons. The van der Waals surface area contributed by atoms with Crippen molar-refractivity contribution >= 4 is 27.6 Å². The Kier molecular flexibility index (Phi) is 7.29. The summed E-state index contributed by atoms with van der Waals surface area (Å²) in [5.41, 5.74) is 1.45. The molecule has 0 saturated carbocycles. The molecule has 0 unspecified atom stereocenters. The molecular formula is C22H26N2O6S. The number of ether oxygens (including phenoxy) is 2. The van der Waals surface area contributed by atoms with Gasteiger partial charge in [0.1, 0.15) is 5.75 Å². The van der Waals surface area contributed by atoms with Crippen molar-refractivity contribution in [2.75, 3.05) is 32.6 Å². The van der Waals surface area contributed by atoms with Crippen molar-refractivity contribution in [3.05, 3.63) is 53.6 Å². The first-order valence-corrected chi connectivity index (χ1v) is 11.4. The Morgan fingerprint density at radius 2 is 1.81 bits per heavy atom. The first-order valence-electron chi connectivity index (χ1n) is 10.0. The van der Waals surface area contributed by atoms with E-state index in [0.29, 0.717) is 42.1 Å². The number of carbonyl (C=O) groups excluding carboxylic acids is 2. The Hall–Kier alpha value is -2.91. The molecule has 0 spiro atoms. The van der Waals surface area contributed by atoms with Crippen LogP contribution in [0.5, 0.6) is 5.75 Å². The average molecular weight is 447 g/mol. The molecular weight excluding hydrogens is 420 g/mol. The number of benzene rings is 2. The summed E-state index contributed by atoms with van der Waals surface area (Å²) in [7, 11) is -0.759. The second-order valence-corrected chi connectivity index (χ2v) is 9.14. The number of methoxy groups -OCH3 is 2. The van der Waals surface area contributed by atoms with Crippen molar-refractivity contribution in [1.82, 2.24) is 4.31 Å². The van der Waals surface area contributed by atoms with Gasteiger partial charge in [-0.15, -0.1) is 0 Å². The quantitative estimate of drug-likeness (QED) is 0.626. The molecule has 0 aliphatic carbocycles. The zero-order valence-corrected chi connectivity index (χ0v) is 18.4. The second kappa shape index (κ2) is 9.93. The van der Waals surface area contributed by atoms with Crippen LogP contribution >= 0.6 is 0 Å². The van der Waals surface area contributed by atoms with Crippen molar-refractivity contribution in [2.45, 2.75) is 30.6 Å². The van der Waals surface area contributed by atoms with Crippen LogP contribution in [0.1, 0.15) is 35.2 Å². The molecule has 166 valence electrons. The lowest BCUT2D eigenvalue weighted by Crippen LogP contribution is -2.28. The molecule has 0 aromatic heterocycles. The molecule has 1 heterocycles. The van der Waals surface area contributed by atoms with Crippen LogP contribution in [0, 0.1) is 0 Å². The summed E-state index contributed by atoms with van der Waals surface area (Å²) in [5, 5.41) is 2.74. The predicted molar refractivity (Wildman–Crippen MR) is 116 cm³/mol. The number of rotatable bonds is 8. The minimum atomic E-state index is -3.56. The third-order valence-corrected chi connectivity index (χ3v) is 7.04. The lowest BCUT2D eigenvalue weighted by molar-refractivity contribution is -0.116. The smallest absolute Gasteiger partial charge is 0.337 e. The van der Waals surface area contributed by atoms with Gasteiger partial charge in [-0.25, -0.2) is 13.2 Å². The Balaban J connectivity index is 1.70. The fraction of sp³-hybridized carbons (Fsp3) is 0.364. The molecule has 2 aromatic rings. The largest absolute Gasteiger partial charge is 0.496 e. The van der Waals surface area contributed by atoms with Gasteiger partial charge in [0, 0.05) is 25.2 Å². The maximum absolute atomic E-state index is 12.8. The van der Waals surface area contributed by atoms with Crippen molar-refractivity contribution < 1.29 is 27.5 Å². The van der Waals surface area contributed by atoms with Crippen LogP contribution in [0.15, 0.2) is 47.4 Å². The molecule has 1 N–H and O–H groups in total. The molecule has 8 nitrogen and oxygen atoms in total. The predicted octanol–water partition coefficient (Wildman–Crippen LogP) is 2.84. The molecule has 1 fully saturated rings. The summed E-state index contributed by atoms with van der Waals surface area (Å²) >= 11 is 0. The normalized spacial score (nSPS) is 14.3. The number of sulfonamides is 1. The van der Waals surface area contributed by atoms with Crippen molar-refractivity contribution in [3.63, 3.8) is 0 Å². The summed E-state index contributed by atoms with van der Waals surface area (Å²) in [6, 6.07) is 11.2. The molecule has 1 aliphatic rings. The molecule has 2 aromatic carbocycles. The number of anilines is 1. The van der Waals surface area contributed by atoms with Crippen LogP contribution in [0.2, 0.25) is 0 Å². The topological polar surface area (TPSA) is 102 Å². The van der Waals surface area contributed by atoms with E-state index in [-0.39, 0.29) is 17.2 Å². The molecule has 0 atom stereocenters. The Morgan fingerprint density at radius 3 is 2.48 bits per heavy atom. The highest BCUT2D eigenvalue weighted by atomic mass is 32.2. The lowest BCUT2D eigenvalue weighted by Gasteiger charge is -2.17. The van der Waals surface area contributed by atoms with E-state index in [1.54, 1.807) is 30.3 Å². The number of nitrogens with zero attached hydrogens (tertiary/aromatic N) is 1. The van der Waals surface area contributed by atoms with Crippen LogP contribution in [-0.2, 0) is 26.0 Å². The molecule has 1 aliphatic heterocycles. The highest BCUT2D eigenvalue weighted by Gasteiger charge is 2.27. The average Bonchev–Trinajstić information content (AvgIpc) is 3.33. The van der Waals surface area contributed by atoms with Gasteiger partial charge in [0.2, 0.25) is 15.9 Å². The summed E-state index contributed by atoms with van der Waals surface area (Å²) < 4.78 is 37.2. The van der Waals surface area contributed by atoms with Gasteiger partial charge in [-0.1, -0.05) is 6.07 Å². The van der Waals surface area contributed by atoms with Gasteiger partial charge >= 0.3 is 5.97 Å². The summed E-state index contributed by atoms with van der Waals surface area (Å²) in [4.78, 5) is 24.3. The van der Waals surface area contributed by atoms with E-state index in [1.165, 1.54) is 30.7 Å². The molecule has 31 heavy (non-hydrogen) atoms. The van der Waals surface area contributed by atoms with Crippen molar-refractivity contribution in [3.8, 4) is 5.75 Å². The molecule has 3 rings (SSSR count). The summed E-state index contributed by atoms with van der Waals surface area (Å²) in [6.07, 6.45) is 2.14. The van der Waals surface area contributed by atoms with Crippen molar-refractivity contribution in [1.29, 1.82) is 0 Å². The molecule has 1 saturated heterocycles. The van der Waals surface area contributed by atoms with Gasteiger partial charge in [-0.05, 0) is 61.2 Å². The molecule has 0 bridgehead atoms. The van der Waals surface area contributed by atoms with Crippen LogP contribution in [0.3, 0.4) is 0 Å². The number of hydrogen-bond donors (Lipinski definition) is 1. The number of nitrogens with one attached hydrogen (secondary N) is 1. The molecule has 9 heteroatoms. The van der Waals surface area contributed by atoms with E-state index in [0.717, 1.165) is 12.8 Å². The van der Waals surface area contributed by atoms with E-state index < -0.39 is 16.0 Å². The fourth-order valence-corrected chi connectivity index (χ4v) is 5.07. The van der Waals surface area contributed by atoms with Gasteiger partial charge in [-0.2, -0.15) is 4.31 Å². The highest BCUT2D eigenvalue weighted by Crippen LogP contribution is 2.27. The van der Waals surface area contributed by atoms with Crippen LogP contribution in [-0.4, -0.2) is 51.9 Å². The standard InChI is InChI=1S/C22H26N2O6S/c1-29-20-10-9-19(31(27,28)24-12-3-4-13-24)15-16(20)8-11-21(25)23-18-7-5-6-17(14-18)22(26)30-2/h5-7,9-10,14-15H,3-4,8,11-13H2,1-2H3,(H,23,25). The van der Waals surface area contributed by atoms with E-state index in [1.807, 2.05) is 0 Å². The van der Waals surface area contributed by atoms with E-state index in [9.17, 15) is 18.0 Å². The Morgan fingerprint density at radius 1 is 1.06 bits per heavy atom. The van der Waals surface area contributed by atoms with Gasteiger partial charge < -0.3 is 14.8 Å². The minimum absolute atomic E-state index is 0.117. The zero-order chi connectivity index (χ0) is 22.4. The van der Waals surface area contributed by atoms with Crippen molar-refractivity contribution in [2.24, 2.45) is 0 Å². The zero-order valence-electron chi connectivity index (χ0n) is 17.6. The van der Waals surface area contributed by atoms with E-state index in [4.69, 9.17) is 4.74 Å². The number of carbonyl (C=O) groups is 2. The summed E-state index contributed by atoms with van der Waals surface area (Å²) in [6.45, 7) is 1.05. The van der Waals surface area contributed by atoms with Gasteiger partial charge in [0.05, 0.1) is 24.7 Å². The van der Waals surface area contributed by atoms with Gasteiger partial charge in [0.25, 0.3) is 0 Å². The Bertz CT molecular complexity index is 1060. The van der Waals surface area contributed by atoms with Crippen LogP contribution in [0.25, 0.3) is 0 Å². The highest BCUT2D eigenvalue weighted by molar-refractivity contribution is 7.89. The third kappa shape index (κ3) is 5.42. The van der Waals surface area contributed by atoms with Crippen LogP contribution in [0.4, 0.5) is 5.69 Å². The number of hydrogen-bond acceptors (Lipinski definition) is 6. The monoisotopic (exact) mass is 446 g/mol. The number of esters is 1. The minimum Gasteiger partial charge on any atom is -0.496 e. The maximum atomic E-state index is 12.8. The SMILES string of the molecule is COC(=O)c1cccc(NC(=O)CCc2cc(S(=O)(=O)N3CCCC3)ccc2OC)c1. The number of aryl methyl sites for hydroxylation is 1. The summed E-state index contributed by atoms with van der Waals surface area (Å²) in [5.74, 6) is -0.227. The first-order chi connectivity index (χ1) is 14.8. The fourth-order valence-electron chi connectivity index (χ4n) is 3.50. The lowest BCUT2D eigenvalue weighted by atomic mass is 10.1. The van der Waals surface area contributed by atoms with Crippen LogP contribution < -0.4 is 10.1 Å². The number of amides is 1. The Labute approximate surface area is 182 Å². The molecule has 1 amide bonds. The maximum Gasteiger partial charge on any atom is 0.337 e. The third-order valence-electron chi connectivity index (χ3n) is 5.14.